The van der Waals surface area contributed by atoms with Gasteiger partial charge in [-0.1, -0.05) is 58.4 Å². The van der Waals surface area contributed by atoms with Gasteiger partial charge in [0, 0.05) is 0 Å². The summed E-state index contributed by atoms with van der Waals surface area (Å²) in [4.78, 5) is 0. The molecule has 0 aliphatic carbocycles. The summed E-state index contributed by atoms with van der Waals surface area (Å²) in [6.07, 6.45) is 0. The van der Waals surface area contributed by atoms with Crippen molar-refractivity contribution in [3.05, 3.63) is 108 Å². The molecule has 0 radical (unpaired) electrons. The van der Waals surface area contributed by atoms with Crippen molar-refractivity contribution in [3.63, 3.8) is 0 Å². The molecule has 0 saturated heterocycles. The summed E-state index contributed by atoms with van der Waals surface area (Å²) >= 11 is 1.51. The fourth-order valence-corrected chi connectivity index (χ4v) is 3.90. The summed E-state index contributed by atoms with van der Waals surface area (Å²) in [5.41, 5.74) is 4.88. The van der Waals surface area contributed by atoms with Crippen LogP contribution in [0.4, 0.5) is 0 Å². The number of rotatable bonds is 1. The molecule has 4 rings (SSSR count). The van der Waals surface area contributed by atoms with E-state index in [9.17, 15) is 0 Å². The van der Waals surface area contributed by atoms with Crippen LogP contribution < -0.4 is 24.8 Å². The van der Waals surface area contributed by atoms with Crippen LogP contribution >= 0.6 is 0 Å². The molecule has 0 fully saturated rings. The Morgan fingerprint density at radius 3 is 1.61 bits per heavy atom. The van der Waals surface area contributed by atoms with Crippen molar-refractivity contribution in [1.29, 1.82) is 0 Å². The molecule has 0 aliphatic rings. The zero-order valence-electron chi connectivity index (χ0n) is 20.9. The van der Waals surface area contributed by atoms with Gasteiger partial charge in [-0.05, 0) is 0 Å². The third kappa shape index (κ3) is 10.3. The first kappa shape index (κ1) is 31.7. The molecule has 0 N–H and O–H groups in total. The zero-order chi connectivity index (χ0) is 23.1. The van der Waals surface area contributed by atoms with E-state index in [1.54, 1.807) is 0 Å². The van der Waals surface area contributed by atoms with Crippen molar-refractivity contribution in [2.45, 2.75) is 59.3 Å². The Kier molecular flexibility index (Phi) is 13.7. The van der Waals surface area contributed by atoms with Gasteiger partial charge in [0.2, 0.25) is 0 Å². The van der Waals surface area contributed by atoms with Crippen LogP contribution in [0, 0.1) is 0 Å². The predicted molar refractivity (Wildman–Crippen MR) is 135 cm³/mol. The molecule has 0 bridgehead atoms. The Morgan fingerprint density at radius 2 is 1.18 bits per heavy atom. The van der Waals surface area contributed by atoms with Crippen LogP contribution in [0.3, 0.4) is 0 Å². The van der Waals surface area contributed by atoms with E-state index in [0.29, 0.717) is 0 Å². The first-order valence-corrected chi connectivity index (χ1v) is 12.2. The van der Waals surface area contributed by atoms with Crippen molar-refractivity contribution in [2.24, 2.45) is 0 Å². The summed E-state index contributed by atoms with van der Waals surface area (Å²) < 4.78 is 1.46. The first-order valence-electron chi connectivity index (χ1n) is 11.0. The normalized spacial score (nSPS) is 10.6. The average molecular weight is 559 g/mol. The molecule has 0 heterocycles. The largest absolute Gasteiger partial charge is 1.00 e. The van der Waals surface area contributed by atoms with Crippen molar-refractivity contribution < 1.29 is 49.0 Å². The van der Waals surface area contributed by atoms with E-state index in [4.69, 9.17) is 0 Å². The standard InChI is InChI=1S/C13H21.C9H7.C8H8.2ClH.Zr/c1-12(2,3)10-8-7-9-11(10)13(4,5)6;1-2-5-9-7-3-6-8(9)4-1;1-2-8-6-4-3-5-7-8;;;/h7-9H,1-6H3;1-7H;3-7H,1H3;2*1H;/q2*-1;;;;+2/p-2. The minimum absolute atomic E-state index is 0. The summed E-state index contributed by atoms with van der Waals surface area (Å²) in [6.45, 7) is 15.8. The minimum atomic E-state index is 0. The third-order valence-corrected chi connectivity index (χ3v) is 5.90. The fraction of sp³-hybridized carbons (Fsp3) is 0.300. The number of hydrogen-bond donors (Lipinski definition) is 0. The van der Waals surface area contributed by atoms with E-state index >= 15 is 0 Å². The molecule has 176 valence electrons. The van der Waals surface area contributed by atoms with Crippen LogP contribution in [-0.4, -0.2) is 3.21 Å². The summed E-state index contributed by atoms with van der Waals surface area (Å²) in [7, 11) is 0. The van der Waals surface area contributed by atoms with Crippen LogP contribution in [0.5, 0.6) is 0 Å². The molecule has 33 heavy (non-hydrogen) atoms. The van der Waals surface area contributed by atoms with Crippen LogP contribution in [-0.2, 0) is 35.1 Å². The second-order valence-electron chi connectivity index (χ2n) is 10.00. The maximum Gasteiger partial charge on any atom is -0.0809 e. The second kappa shape index (κ2) is 14.2. The molecule has 0 spiro atoms. The average Bonchev–Trinajstić information content (AvgIpc) is 3.39. The van der Waals surface area contributed by atoms with Gasteiger partial charge in [0.15, 0.2) is 0 Å². The van der Waals surface area contributed by atoms with Gasteiger partial charge in [0.05, 0.1) is 0 Å². The second-order valence-corrected chi connectivity index (χ2v) is 11.8. The van der Waals surface area contributed by atoms with Gasteiger partial charge in [-0.3, -0.25) is 0 Å². The molecule has 0 amide bonds. The monoisotopic (exact) mass is 556 g/mol. The SMILES string of the molecule is CC(C)(C)c1c[cH-]cc1C(C)(C)C.C[C](=[Zr+2])c1ccccc1.[Cl-].[Cl-].c1ccc2[cH-]ccc2c1. The number of hydrogen-bond acceptors (Lipinski definition) is 0. The fourth-order valence-electron chi connectivity index (χ4n) is 3.49. The smallest absolute Gasteiger partial charge is 0.0809 e. The van der Waals surface area contributed by atoms with Crippen LogP contribution in [0.25, 0.3) is 10.8 Å². The minimum Gasteiger partial charge on any atom is -1.00 e. The quantitative estimate of drug-likeness (QED) is 0.315. The molecular weight excluding hydrogens is 522 g/mol. The molecule has 4 aromatic carbocycles. The number of halogens is 2. The Morgan fingerprint density at radius 1 is 0.697 bits per heavy atom. The Balaban J connectivity index is 0.000000461. The molecule has 3 heteroatoms. The maximum atomic E-state index is 2.28. The summed E-state index contributed by atoms with van der Waals surface area (Å²) in [6, 6.07) is 31.8. The molecule has 0 atom stereocenters. The van der Waals surface area contributed by atoms with Gasteiger partial charge in [-0.15, -0.1) is 29.7 Å². The molecule has 0 nitrogen and oxygen atoms in total. The van der Waals surface area contributed by atoms with Crippen LogP contribution in [0.15, 0.2) is 91.0 Å². The molecule has 0 aliphatic heterocycles. The maximum absolute atomic E-state index is 2.28. The number of benzene rings is 2. The van der Waals surface area contributed by atoms with E-state index in [2.05, 4.69) is 133 Å². The Hall–Kier alpha value is -1.27. The van der Waals surface area contributed by atoms with Gasteiger partial charge in [0.1, 0.15) is 0 Å². The molecule has 0 unspecified atom stereocenters. The van der Waals surface area contributed by atoms with Crippen LogP contribution in [0.1, 0.15) is 65.2 Å². The van der Waals surface area contributed by atoms with Crippen molar-refractivity contribution in [2.75, 3.05) is 0 Å². The zero-order valence-corrected chi connectivity index (χ0v) is 24.9. The predicted octanol–water partition coefficient (Wildman–Crippen LogP) is 2.34. The molecule has 0 aromatic heterocycles. The summed E-state index contributed by atoms with van der Waals surface area (Å²) in [5.74, 6) is 0. The van der Waals surface area contributed by atoms with Gasteiger partial charge in [-0.2, -0.15) is 46.8 Å². The Labute approximate surface area is 228 Å². The first-order chi connectivity index (χ1) is 14.5. The summed E-state index contributed by atoms with van der Waals surface area (Å²) in [5, 5.41) is 2.66. The number of fused-ring (bicyclic) bond motifs is 1. The van der Waals surface area contributed by atoms with Gasteiger partial charge >= 0.3 is 70.3 Å². The molecule has 0 saturated carbocycles. The van der Waals surface area contributed by atoms with Gasteiger partial charge in [-0.25, -0.2) is 0 Å². The topological polar surface area (TPSA) is 0 Å². The molecular formula is C30H36Cl2Zr-2. The van der Waals surface area contributed by atoms with Gasteiger partial charge < -0.3 is 24.8 Å². The molecule has 4 aromatic rings. The van der Waals surface area contributed by atoms with E-state index in [-0.39, 0.29) is 35.6 Å². The van der Waals surface area contributed by atoms with Gasteiger partial charge in [0.25, 0.3) is 0 Å². The third-order valence-electron chi connectivity index (χ3n) is 5.19. The van der Waals surface area contributed by atoms with Crippen molar-refractivity contribution >= 4 is 14.0 Å². The van der Waals surface area contributed by atoms with E-state index in [0.717, 1.165) is 0 Å². The van der Waals surface area contributed by atoms with E-state index in [1.807, 2.05) is 6.07 Å². The van der Waals surface area contributed by atoms with E-state index < -0.39 is 0 Å². The Bertz CT molecular complexity index is 1010. The van der Waals surface area contributed by atoms with E-state index in [1.165, 1.54) is 54.9 Å². The van der Waals surface area contributed by atoms with Crippen molar-refractivity contribution in [3.8, 4) is 0 Å². The van der Waals surface area contributed by atoms with Crippen LogP contribution in [0.2, 0.25) is 0 Å². The van der Waals surface area contributed by atoms with Crippen molar-refractivity contribution in [1.82, 2.24) is 0 Å².